The molecule has 2 heterocycles. The van der Waals surface area contributed by atoms with Crippen LogP contribution in [0.3, 0.4) is 0 Å². The van der Waals surface area contributed by atoms with E-state index in [2.05, 4.69) is 31.1 Å². The van der Waals surface area contributed by atoms with E-state index in [-0.39, 0.29) is 36.4 Å². The van der Waals surface area contributed by atoms with Crippen molar-refractivity contribution in [1.29, 1.82) is 0 Å². The second-order valence-electron chi connectivity index (χ2n) is 5.00. The summed E-state index contributed by atoms with van der Waals surface area (Å²) in [7, 11) is 1.66. The summed E-state index contributed by atoms with van der Waals surface area (Å²) in [6, 6.07) is 3.59. The minimum absolute atomic E-state index is 0. The Hall–Kier alpha value is -2.11. The number of carbonyl (C=O) groups excluding carboxylic acids is 1. The summed E-state index contributed by atoms with van der Waals surface area (Å²) in [5.41, 5.74) is 0. The smallest absolute Gasteiger partial charge is 0.239 e. The van der Waals surface area contributed by atoms with Crippen LogP contribution in [-0.2, 0) is 24.3 Å². The van der Waals surface area contributed by atoms with E-state index in [0.717, 1.165) is 18.8 Å². The van der Waals surface area contributed by atoms with E-state index in [9.17, 15) is 4.79 Å². The van der Waals surface area contributed by atoms with Gasteiger partial charge >= 0.3 is 0 Å². The van der Waals surface area contributed by atoms with Gasteiger partial charge in [-0.25, -0.2) is 0 Å². The third kappa shape index (κ3) is 7.11. The summed E-state index contributed by atoms with van der Waals surface area (Å²) in [5.74, 6) is 2.08. The molecule has 2 aromatic rings. The molecular formula is C15H24IN7O2. The standard InChI is InChI=1S/C15H23N7O2.HI/c1-3-13-21-20-11-22(13)7-6-17-15(16-2)19-10-14(23)18-9-12-5-4-8-24-12;/h4-5,8,11H,3,6-7,9-10H2,1-2H3,(H,18,23)(H2,16,17,19);1H. The van der Waals surface area contributed by atoms with E-state index in [0.29, 0.717) is 24.8 Å². The highest BCUT2D eigenvalue weighted by atomic mass is 127. The average molecular weight is 461 g/mol. The van der Waals surface area contributed by atoms with Crippen molar-refractivity contribution in [2.45, 2.75) is 26.4 Å². The molecule has 3 N–H and O–H groups in total. The molecule has 0 unspecified atom stereocenters. The lowest BCUT2D eigenvalue weighted by atomic mass is 10.4. The van der Waals surface area contributed by atoms with E-state index in [1.54, 1.807) is 25.7 Å². The van der Waals surface area contributed by atoms with E-state index < -0.39 is 0 Å². The highest BCUT2D eigenvalue weighted by Gasteiger charge is 2.05. The van der Waals surface area contributed by atoms with Crippen molar-refractivity contribution in [2.75, 3.05) is 20.1 Å². The predicted molar refractivity (Wildman–Crippen MR) is 105 cm³/mol. The van der Waals surface area contributed by atoms with Crippen LogP contribution in [0.5, 0.6) is 0 Å². The van der Waals surface area contributed by atoms with Crippen LogP contribution in [0.2, 0.25) is 0 Å². The zero-order valence-corrected chi connectivity index (χ0v) is 16.7. The van der Waals surface area contributed by atoms with Gasteiger partial charge in [0, 0.05) is 26.6 Å². The van der Waals surface area contributed by atoms with Crippen molar-refractivity contribution in [2.24, 2.45) is 4.99 Å². The van der Waals surface area contributed by atoms with Gasteiger partial charge in [-0.1, -0.05) is 6.92 Å². The maximum absolute atomic E-state index is 11.8. The van der Waals surface area contributed by atoms with Crippen LogP contribution in [0, 0.1) is 0 Å². The van der Waals surface area contributed by atoms with Crippen LogP contribution in [0.4, 0.5) is 0 Å². The van der Waals surface area contributed by atoms with Crippen LogP contribution in [0.25, 0.3) is 0 Å². The van der Waals surface area contributed by atoms with Gasteiger partial charge in [0.25, 0.3) is 0 Å². The number of halogens is 1. The lowest BCUT2D eigenvalue weighted by Gasteiger charge is -2.12. The van der Waals surface area contributed by atoms with Crippen LogP contribution in [0.15, 0.2) is 34.1 Å². The van der Waals surface area contributed by atoms with E-state index >= 15 is 0 Å². The first-order valence-corrected chi connectivity index (χ1v) is 7.83. The number of aliphatic imine (C=N–C) groups is 1. The maximum atomic E-state index is 11.8. The highest BCUT2D eigenvalue weighted by Crippen LogP contribution is 1.98. The Morgan fingerprint density at radius 3 is 2.88 bits per heavy atom. The number of nitrogens with zero attached hydrogens (tertiary/aromatic N) is 4. The second-order valence-corrected chi connectivity index (χ2v) is 5.00. The SMILES string of the molecule is CCc1nncn1CCNC(=NC)NCC(=O)NCc1ccco1.I. The molecular weight excluding hydrogens is 437 g/mol. The highest BCUT2D eigenvalue weighted by molar-refractivity contribution is 14.0. The third-order valence-electron chi connectivity index (χ3n) is 3.34. The van der Waals surface area contributed by atoms with Crippen molar-refractivity contribution < 1.29 is 9.21 Å². The first-order chi connectivity index (χ1) is 11.7. The van der Waals surface area contributed by atoms with Gasteiger partial charge in [0.05, 0.1) is 19.4 Å². The molecule has 0 fully saturated rings. The maximum Gasteiger partial charge on any atom is 0.239 e. The molecule has 138 valence electrons. The molecule has 0 aliphatic heterocycles. The van der Waals surface area contributed by atoms with E-state index in [1.165, 1.54) is 0 Å². The normalized spacial score (nSPS) is 10.9. The minimum Gasteiger partial charge on any atom is -0.467 e. The number of furan rings is 1. The average Bonchev–Trinajstić information content (AvgIpc) is 3.27. The molecule has 9 nitrogen and oxygen atoms in total. The van der Waals surface area contributed by atoms with Gasteiger partial charge in [-0.3, -0.25) is 9.79 Å². The van der Waals surface area contributed by atoms with Gasteiger partial charge in [-0.05, 0) is 12.1 Å². The number of guanidine groups is 1. The molecule has 0 bridgehead atoms. The topological polar surface area (TPSA) is 109 Å². The zero-order chi connectivity index (χ0) is 17.2. The Morgan fingerprint density at radius 2 is 2.20 bits per heavy atom. The van der Waals surface area contributed by atoms with Gasteiger partial charge < -0.3 is 24.9 Å². The number of rotatable bonds is 8. The van der Waals surface area contributed by atoms with E-state index in [4.69, 9.17) is 4.42 Å². The fourth-order valence-electron chi connectivity index (χ4n) is 2.08. The molecule has 1 amide bonds. The van der Waals surface area contributed by atoms with Gasteiger partial charge in [0.15, 0.2) is 5.96 Å². The number of hydrogen-bond donors (Lipinski definition) is 3. The molecule has 0 aliphatic carbocycles. The molecule has 2 rings (SSSR count). The first kappa shape index (κ1) is 20.9. The lowest BCUT2D eigenvalue weighted by Crippen LogP contribution is -2.43. The Labute approximate surface area is 163 Å². The van der Waals surface area contributed by atoms with Gasteiger partial charge in [-0.15, -0.1) is 34.2 Å². The summed E-state index contributed by atoms with van der Waals surface area (Å²) in [5, 5.41) is 16.8. The summed E-state index contributed by atoms with van der Waals surface area (Å²) >= 11 is 0. The zero-order valence-electron chi connectivity index (χ0n) is 14.4. The quantitative estimate of drug-likeness (QED) is 0.301. The van der Waals surface area contributed by atoms with Crippen LogP contribution in [0.1, 0.15) is 18.5 Å². The molecule has 10 heteroatoms. The number of amides is 1. The van der Waals surface area contributed by atoms with Crippen molar-refractivity contribution in [1.82, 2.24) is 30.7 Å². The summed E-state index contributed by atoms with van der Waals surface area (Å²) < 4.78 is 7.14. The van der Waals surface area contributed by atoms with Crippen molar-refractivity contribution in [3.05, 3.63) is 36.3 Å². The Bertz CT molecular complexity index is 655. The van der Waals surface area contributed by atoms with Gasteiger partial charge in [0.2, 0.25) is 5.91 Å². The number of aromatic nitrogens is 3. The van der Waals surface area contributed by atoms with Gasteiger partial charge in [-0.2, -0.15) is 0 Å². The molecule has 25 heavy (non-hydrogen) atoms. The van der Waals surface area contributed by atoms with Crippen molar-refractivity contribution in [3.8, 4) is 0 Å². The van der Waals surface area contributed by atoms with Crippen molar-refractivity contribution in [3.63, 3.8) is 0 Å². The van der Waals surface area contributed by atoms with E-state index in [1.807, 2.05) is 17.6 Å². The minimum atomic E-state index is -0.138. The Morgan fingerprint density at radius 1 is 1.36 bits per heavy atom. The lowest BCUT2D eigenvalue weighted by molar-refractivity contribution is -0.120. The predicted octanol–water partition coefficient (Wildman–Crippen LogP) is 0.533. The van der Waals surface area contributed by atoms with Crippen LogP contribution >= 0.6 is 24.0 Å². The fourth-order valence-corrected chi connectivity index (χ4v) is 2.08. The second kappa shape index (κ2) is 11.4. The monoisotopic (exact) mass is 461 g/mol. The molecule has 0 aliphatic rings. The Kier molecular flexibility index (Phi) is 9.58. The third-order valence-corrected chi connectivity index (χ3v) is 3.34. The molecule has 0 saturated carbocycles. The number of aryl methyl sites for hydroxylation is 1. The largest absolute Gasteiger partial charge is 0.467 e. The number of hydrogen-bond acceptors (Lipinski definition) is 5. The molecule has 0 saturated heterocycles. The molecule has 2 aromatic heterocycles. The molecule has 0 radical (unpaired) electrons. The molecule has 0 atom stereocenters. The molecule has 0 aromatic carbocycles. The fraction of sp³-hybridized carbons (Fsp3) is 0.467. The summed E-state index contributed by atoms with van der Waals surface area (Å²) in [6.45, 7) is 3.91. The molecule has 0 spiro atoms. The van der Waals surface area contributed by atoms with Gasteiger partial charge in [0.1, 0.15) is 17.9 Å². The summed E-state index contributed by atoms with van der Waals surface area (Å²) in [6.07, 6.45) is 4.12. The van der Waals surface area contributed by atoms with Crippen LogP contribution in [-0.4, -0.2) is 46.8 Å². The van der Waals surface area contributed by atoms with Crippen LogP contribution < -0.4 is 16.0 Å². The number of nitrogens with one attached hydrogen (secondary N) is 3. The Balaban J connectivity index is 0.00000312. The first-order valence-electron chi connectivity index (χ1n) is 7.83. The summed E-state index contributed by atoms with van der Waals surface area (Å²) in [4.78, 5) is 15.9. The van der Waals surface area contributed by atoms with Crippen molar-refractivity contribution >= 4 is 35.8 Å². The number of carbonyl (C=O) groups is 1.